The minimum atomic E-state index is 0.456. The second-order valence-electron chi connectivity index (χ2n) is 11.3. The quantitative estimate of drug-likeness (QED) is 0.122. The van der Waals surface area contributed by atoms with E-state index in [2.05, 4.69) is 48.5 Å². The molecule has 0 saturated heterocycles. The average Bonchev–Trinajstić information content (AvgIpc) is 3.94. The van der Waals surface area contributed by atoms with Gasteiger partial charge in [-0.05, 0) is 120 Å². The highest BCUT2D eigenvalue weighted by atomic mass is 16.5. The Balaban J connectivity index is 1.07. The van der Waals surface area contributed by atoms with E-state index in [4.69, 9.17) is 30.4 Å². The van der Waals surface area contributed by atoms with Crippen molar-refractivity contribution in [1.29, 1.82) is 0 Å². The second kappa shape index (κ2) is 13.3. The molecule has 0 bridgehead atoms. The number of benzene rings is 4. The third-order valence-corrected chi connectivity index (χ3v) is 7.72. The molecule has 0 atom stereocenters. The van der Waals surface area contributed by atoms with Gasteiger partial charge in [0.05, 0.1) is 25.4 Å². The second-order valence-corrected chi connectivity index (χ2v) is 11.3. The monoisotopic (exact) mass is 564 g/mol. The third kappa shape index (κ3) is 8.05. The van der Waals surface area contributed by atoms with Crippen LogP contribution in [-0.2, 0) is 22.3 Å². The molecule has 218 valence electrons. The van der Waals surface area contributed by atoms with Crippen molar-refractivity contribution < 1.29 is 18.9 Å². The van der Waals surface area contributed by atoms with Gasteiger partial charge < -0.3 is 30.4 Å². The van der Waals surface area contributed by atoms with Gasteiger partial charge in [-0.3, -0.25) is 0 Å². The Hall–Kier alpha value is -4.00. The highest BCUT2D eigenvalue weighted by Crippen LogP contribution is 2.30. The summed E-state index contributed by atoms with van der Waals surface area (Å²) in [5.74, 6) is 1.71. The lowest BCUT2D eigenvalue weighted by Gasteiger charge is -2.13. The van der Waals surface area contributed by atoms with Gasteiger partial charge in [-0.2, -0.15) is 0 Å². The Labute approximate surface area is 248 Å². The molecule has 0 unspecified atom stereocenters. The molecule has 2 fully saturated rings. The first kappa shape index (κ1) is 28.1. The molecule has 2 aliphatic carbocycles. The minimum Gasteiger partial charge on any atom is -0.491 e. The zero-order valence-electron chi connectivity index (χ0n) is 24.1. The van der Waals surface area contributed by atoms with Crippen molar-refractivity contribution in [3.63, 3.8) is 0 Å². The first-order valence-corrected chi connectivity index (χ1v) is 15.0. The van der Waals surface area contributed by atoms with Gasteiger partial charge in [0.1, 0.15) is 24.7 Å². The van der Waals surface area contributed by atoms with Crippen molar-refractivity contribution in [3.8, 4) is 22.6 Å². The van der Waals surface area contributed by atoms with E-state index in [1.54, 1.807) is 0 Å². The smallest absolute Gasteiger partial charge is 0.119 e. The molecule has 6 nitrogen and oxygen atoms in total. The number of hydrogen-bond donors (Lipinski definition) is 2. The molecule has 0 spiro atoms. The fourth-order valence-electron chi connectivity index (χ4n) is 4.94. The maximum absolute atomic E-state index is 6.40. The van der Waals surface area contributed by atoms with E-state index < -0.39 is 0 Å². The van der Waals surface area contributed by atoms with Crippen LogP contribution in [0.2, 0.25) is 0 Å². The topological polar surface area (TPSA) is 89.0 Å². The van der Waals surface area contributed by atoms with Crippen LogP contribution < -0.4 is 20.9 Å². The third-order valence-electron chi connectivity index (χ3n) is 7.72. The van der Waals surface area contributed by atoms with E-state index in [-0.39, 0.29) is 0 Å². The number of hydrogen-bond acceptors (Lipinski definition) is 6. The summed E-state index contributed by atoms with van der Waals surface area (Å²) in [7, 11) is 0. The molecule has 2 saturated carbocycles. The first-order valence-electron chi connectivity index (χ1n) is 15.0. The van der Waals surface area contributed by atoms with Crippen LogP contribution in [0.4, 0.5) is 11.4 Å². The molecule has 4 aromatic carbocycles. The lowest BCUT2D eigenvalue weighted by atomic mass is 9.95. The lowest BCUT2D eigenvalue weighted by Crippen LogP contribution is -2.07. The summed E-state index contributed by atoms with van der Waals surface area (Å²) in [6.45, 7) is 2.43. The van der Waals surface area contributed by atoms with Gasteiger partial charge in [0.2, 0.25) is 0 Å². The minimum absolute atomic E-state index is 0.456. The Bertz CT molecular complexity index is 1350. The maximum atomic E-state index is 6.40. The predicted molar refractivity (Wildman–Crippen MR) is 168 cm³/mol. The van der Waals surface area contributed by atoms with Crippen molar-refractivity contribution in [1.82, 2.24) is 0 Å². The molecular weight excluding hydrogens is 524 g/mol. The van der Waals surface area contributed by atoms with Gasteiger partial charge in [-0.1, -0.05) is 36.4 Å². The van der Waals surface area contributed by atoms with Gasteiger partial charge in [0.25, 0.3) is 0 Å². The molecule has 4 aromatic rings. The van der Waals surface area contributed by atoms with Crippen LogP contribution in [0.3, 0.4) is 0 Å². The molecule has 6 rings (SSSR count). The molecule has 0 aromatic heterocycles. The van der Waals surface area contributed by atoms with Crippen molar-refractivity contribution >= 4 is 11.4 Å². The molecule has 6 heteroatoms. The summed E-state index contributed by atoms with van der Waals surface area (Å²) in [6.07, 6.45) is 7.12. The average molecular weight is 565 g/mol. The summed E-state index contributed by atoms with van der Waals surface area (Å²) in [5.41, 5.74) is 21.2. The predicted octanol–water partition coefficient (Wildman–Crippen LogP) is 6.82. The standard InChI is InChI=1S/C36H40N2O4/c37-35-15-5-27(23-29(35)21-25-1-7-31(8-2-25)39-17-19-41-33-11-12-33)28-6-16-36(38)30(24-28)22-26-3-9-32(10-4-26)40-18-20-42-34-13-14-34/h1-10,15-16,23-24,33-34H,11-14,17-22,37-38H2. The van der Waals surface area contributed by atoms with Crippen molar-refractivity contribution in [2.24, 2.45) is 0 Å². The van der Waals surface area contributed by atoms with E-state index in [1.165, 1.54) is 36.8 Å². The lowest BCUT2D eigenvalue weighted by molar-refractivity contribution is 0.0880. The molecule has 0 radical (unpaired) electrons. The van der Waals surface area contributed by atoms with E-state index in [0.29, 0.717) is 38.6 Å². The number of nitrogen functional groups attached to an aromatic ring is 2. The summed E-state index contributed by atoms with van der Waals surface area (Å²) in [5, 5.41) is 0. The summed E-state index contributed by atoms with van der Waals surface area (Å²) >= 11 is 0. The van der Waals surface area contributed by atoms with Crippen molar-refractivity contribution in [2.75, 3.05) is 37.9 Å². The van der Waals surface area contributed by atoms with Crippen LogP contribution >= 0.6 is 0 Å². The SMILES string of the molecule is Nc1ccc(-c2ccc(N)c(Cc3ccc(OCCOC4CC4)cc3)c2)cc1Cc1ccc(OCCOC2CC2)cc1. The molecule has 0 heterocycles. The van der Waals surface area contributed by atoms with Crippen LogP contribution in [0.15, 0.2) is 84.9 Å². The fraction of sp³-hybridized carbons (Fsp3) is 0.333. The number of anilines is 2. The Morgan fingerprint density at radius 3 is 1.29 bits per heavy atom. The fourth-order valence-corrected chi connectivity index (χ4v) is 4.94. The van der Waals surface area contributed by atoms with Crippen molar-refractivity contribution in [3.05, 3.63) is 107 Å². The Morgan fingerprint density at radius 1 is 0.500 bits per heavy atom. The zero-order chi connectivity index (χ0) is 28.7. The van der Waals surface area contributed by atoms with Gasteiger partial charge in [-0.25, -0.2) is 0 Å². The van der Waals surface area contributed by atoms with Gasteiger partial charge in [0, 0.05) is 11.4 Å². The van der Waals surface area contributed by atoms with Gasteiger partial charge in [-0.15, -0.1) is 0 Å². The summed E-state index contributed by atoms with van der Waals surface area (Å²) in [6, 6.07) is 29.0. The van der Waals surface area contributed by atoms with E-state index in [0.717, 1.165) is 58.0 Å². The largest absolute Gasteiger partial charge is 0.491 e. The number of nitrogens with two attached hydrogens (primary N) is 2. The molecule has 42 heavy (non-hydrogen) atoms. The Morgan fingerprint density at radius 2 is 0.905 bits per heavy atom. The van der Waals surface area contributed by atoms with Gasteiger partial charge in [0.15, 0.2) is 0 Å². The van der Waals surface area contributed by atoms with Crippen LogP contribution in [-0.4, -0.2) is 38.6 Å². The van der Waals surface area contributed by atoms with E-state index in [1.807, 2.05) is 36.4 Å². The number of rotatable bonds is 15. The first-order chi connectivity index (χ1) is 20.6. The highest BCUT2D eigenvalue weighted by Gasteiger charge is 2.22. The van der Waals surface area contributed by atoms with E-state index >= 15 is 0 Å². The molecule has 4 N–H and O–H groups in total. The van der Waals surface area contributed by atoms with Crippen LogP contribution in [0.5, 0.6) is 11.5 Å². The molecule has 2 aliphatic rings. The molecule has 0 aliphatic heterocycles. The maximum Gasteiger partial charge on any atom is 0.119 e. The molecular formula is C36H40N2O4. The number of ether oxygens (including phenoxy) is 4. The molecule has 0 amide bonds. The summed E-state index contributed by atoms with van der Waals surface area (Å²) < 4.78 is 22.9. The van der Waals surface area contributed by atoms with Crippen molar-refractivity contribution in [2.45, 2.75) is 50.7 Å². The van der Waals surface area contributed by atoms with Crippen LogP contribution in [0.1, 0.15) is 47.9 Å². The van der Waals surface area contributed by atoms with Crippen LogP contribution in [0.25, 0.3) is 11.1 Å². The highest BCUT2D eigenvalue weighted by molar-refractivity contribution is 5.71. The zero-order valence-corrected chi connectivity index (χ0v) is 24.1. The Kier molecular flexibility index (Phi) is 8.92. The van der Waals surface area contributed by atoms with E-state index in [9.17, 15) is 0 Å². The van der Waals surface area contributed by atoms with Gasteiger partial charge >= 0.3 is 0 Å². The normalized spacial score (nSPS) is 14.6. The summed E-state index contributed by atoms with van der Waals surface area (Å²) in [4.78, 5) is 0. The van der Waals surface area contributed by atoms with Crippen LogP contribution in [0, 0.1) is 0 Å².